The van der Waals surface area contributed by atoms with Crippen LogP contribution in [0.1, 0.15) is 19.8 Å². The van der Waals surface area contributed by atoms with Crippen LogP contribution in [-0.4, -0.2) is 44.7 Å². The molecular weight excluding hydrogens is 180 g/mol. The van der Waals surface area contributed by atoms with Gasteiger partial charge in [0.2, 0.25) is 5.91 Å². The lowest BCUT2D eigenvalue weighted by Crippen LogP contribution is -2.33. The monoisotopic (exact) mass is 202 g/mol. The van der Waals surface area contributed by atoms with Gasteiger partial charge >= 0.3 is 0 Å². The Labute approximate surface area is 86.4 Å². The molecular formula is C10H22N2O2. The first-order valence-corrected chi connectivity index (χ1v) is 5.04. The van der Waals surface area contributed by atoms with Crippen LogP contribution in [0, 0.1) is 5.92 Å². The number of ether oxygens (including phenoxy) is 1. The molecule has 0 saturated heterocycles. The highest BCUT2D eigenvalue weighted by Gasteiger charge is 2.10. The summed E-state index contributed by atoms with van der Waals surface area (Å²) in [5, 5.41) is 0. The molecule has 0 fully saturated rings. The SMILES string of the molecule is COCCCC(=O)N(C)CC(C)CN. The third-order valence-corrected chi connectivity index (χ3v) is 2.15. The smallest absolute Gasteiger partial charge is 0.222 e. The summed E-state index contributed by atoms with van der Waals surface area (Å²) >= 11 is 0. The fourth-order valence-electron chi connectivity index (χ4n) is 1.20. The van der Waals surface area contributed by atoms with Crippen molar-refractivity contribution in [2.24, 2.45) is 11.7 Å². The lowest BCUT2D eigenvalue weighted by atomic mass is 10.1. The number of nitrogens with two attached hydrogens (primary N) is 1. The summed E-state index contributed by atoms with van der Waals surface area (Å²) < 4.78 is 4.88. The van der Waals surface area contributed by atoms with Crippen LogP contribution in [0.15, 0.2) is 0 Å². The molecule has 0 spiro atoms. The predicted octanol–water partition coefficient (Wildman–Crippen LogP) is 0.466. The third-order valence-electron chi connectivity index (χ3n) is 2.15. The molecule has 0 aromatic carbocycles. The fourth-order valence-corrected chi connectivity index (χ4v) is 1.20. The molecule has 1 unspecified atom stereocenters. The van der Waals surface area contributed by atoms with Crippen LogP contribution in [0.3, 0.4) is 0 Å². The minimum atomic E-state index is 0.169. The Hall–Kier alpha value is -0.610. The van der Waals surface area contributed by atoms with Crippen LogP contribution in [0.5, 0.6) is 0 Å². The van der Waals surface area contributed by atoms with E-state index in [1.807, 2.05) is 14.0 Å². The molecule has 0 aromatic rings. The van der Waals surface area contributed by atoms with Crippen LogP contribution >= 0.6 is 0 Å². The number of hydrogen-bond acceptors (Lipinski definition) is 3. The van der Waals surface area contributed by atoms with Crippen molar-refractivity contribution in [3.8, 4) is 0 Å². The van der Waals surface area contributed by atoms with E-state index >= 15 is 0 Å². The van der Waals surface area contributed by atoms with Gasteiger partial charge in [0.1, 0.15) is 0 Å². The van der Waals surface area contributed by atoms with Gasteiger partial charge in [-0.05, 0) is 18.9 Å². The van der Waals surface area contributed by atoms with E-state index in [0.29, 0.717) is 25.5 Å². The van der Waals surface area contributed by atoms with Gasteiger partial charge in [0.15, 0.2) is 0 Å². The summed E-state index contributed by atoms with van der Waals surface area (Å²) in [7, 11) is 3.46. The second-order valence-corrected chi connectivity index (χ2v) is 3.71. The largest absolute Gasteiger partial charge is 0.385 e. The van der Waals surface area contributed by atoms with E-state index in [2.05, 4.69) is 0 Å². The third kappa shape index (κ3) is 5.94. The van der Waals surface area contributed by atoms with Crippen molar-refractivity contribution < 1.29 is 9.53 Å². The molecule has 0 bridgehead atoms. The highest BCUT2D eigenvalue weighted by molar-refractivity contribution is 5.75. The zero-order chi connectivity index (χ0) is 11.0. The summed E-state index contributed by atoms with van der Waals surface area (Å²) in [6.07, 6.45) is 1.35. The van der Waals surface area contributed by atoms with Crippen molar-refractivity contribution >= 4 is 5.91 Å². The Balaban J connectivity index is 3.64. The Morgan fingerprint density at radius 2 is 2.21 bits per heavy atom. The average molecular weight is 202 g/mol. The maximum absolute atomic E-state index is 11.5. The summed E-state index contributed by atoms with van der Waals surface area (Å²) in [6, 6.07) is 0. The van der Waals surface area contributed by atoms with E-state index in [-0.39, 0.29) is 5.91 Å². The van der Waals surface area contributed by atoms with Crippen molar-refractivity contribution in [2.45, 2.75) is 19.8 Å². The van der Waals surface area contributed by atoms with E-state index in [9.17, 15) is 4.79 Å². The number of hydrogen-bond donors (Lipinski definition) is 1. The van der Waals surface area contributed by atoms with Gasteiger partial charge in [0.05, 0.1) is 0 Å². The minimum Gasteiger partial charge on any atom is -0.385 e. The van der Waals surface area contributed by atoms with Gasteiger partial charge < -0.3 is 15.4 Å². The van der Waals surface area contributed by atoms with Crippen LogP contribution in [0.2, 0.25) is 0 Å². The van der Waals surface area contributed by atoms with Crippen LogP contribution in [0.25, 0.3) is 0 Å². The normalized spacial score (nSPS) is 12.6. The molecule has 0 aliphatic rings. The summed E-state index contributed by atoms with van der Waals surface area (Å²) in [5.74, 6) is 0.536. The Kier molecular flexibility index (Phi) is 7.42. The van der Waals surface area contributed by atoms with Gasteiger partial charge in [-0.3, -0.25) is 4.79 Å². The molecule has 0 aliphatic heterocycles. The van der Waals surface area contributed by atoms with Crippen LogP contribution in [0.4, 0.5) is 0 Å². The quantitative estimate of drug-likeness (QED) is 0.610. The molecule has 0 aliphatic carbocycles. The van der Waals surface area contributed by atoms with E-state index in [4.69, 9.17) is 10.5 Å². The molecule has 1 amide bonds. The lowest BCUT2D eigenvalue weighted by molar-refractivity contribution is -0.130. The van der Waals surface area contributed by atoms with Gasteiger partial charge in [-0.2, -0.15) is 0 Å². The summed E-state index contributed by atoms with van der Waals surface area (Å²) in [5.41, 5.74) is 5.48. The lowest BCUT2D eigenvalue weighted by Gasteiger charge is -2.20. The number of rotatable bonds is 7. The Morgan fingerprint density at radius 1 is 1.57 bits per heavy atom. The summed E-state index contributed by atoms with van der Waals surface area (Å²) in [6.45, 7) is 4.04. The number of carbonyl (C=O) groups is 1. The topological polar surface area (TPSA) is 55.6 Å². The zero-order valence-corrected chi connectivity index (χ0v) is 9.45. The van der Waals surface area contributed by atoms with Crippen molar-refractivity contribution in [2.75, 3.05) is 33.9 Å². The molecule has 0 saturated carbocycles. The number of amides is 1. The highest BCUT2D eigenvalue weighted by Crippen LogP contribution is 2.00. The molecule has 2 N–H and O–H groups in total. The molecule has 4 nitrogen and oxygen atoms in total. The average Bonchev–Trinajstić information content (AvgIpc) is 2.17. The van der Waals surface area contributed by atoms with Crippen molar-refractivity contribution in [1.29, 1.82) is 0 Å². The Bertz CT molecular complexity index is 162. The van der Waals surface area contributed by atoms with Crippen molar-refractivity contribution in [1.82, 2.24) is 4.90 Å². The van der Waals surface area contributed by atoms with Crippen molar-refractivity contribution in [3.63, 3.8) is 0 Å². The highest BCUT2D eigenvalue weighted by atomic mass is 16.5. The van der Waals surface area contributed by atoms with Gasteiger partial charge in [-0.25, -0.2) is 0 Å². The maximum atomic E-state index is 11.5. The van der Waals surface area contributed by atoms with Gasteiger partial charge in [-0.15, -0.1) is 0 Å². The van der Waals surface area contributed by atoms with Gasteiger partial charge in [0, 0.05) is 33.7 Å². The van der Waals surface area contributed by atoms with E-state index in [1.165, 1.54) is 0 Å². The summed E-state index contributed by atoms with van der Waals surface area (Å²) in [4.78, 5) is 13.2. The van der Waals surface area contributed by atoms with Crippen LogP contribution in [-0.2, 0) is 9.53 Å². The molecule has 0 rings (SSSR count). The standard InChI is InChI=1S/C10H22N2O2/c1-9(7-11)8-12(2)10(13)5-4-6-14-3/h9H,4-8,11H2,1-3H3. The predicted molar refractivity (Wildman–Crippen MR) is 57.0 cm³/mol. The molecule has 84 valence electrons. The number of nitrogens with zero attached hydrogens (tertiary/aromatic N) is 1. The first-order valence-electron chi connectivity index (χ1n) is 5.04. The van der Waals surface area contributed by atoms with Crippen molar-refractivity contribution in [3.05, 3.63) is 0 Å². The molecule has 1 atom stereocenters. The second-order valence-electron chi connectivity index (χ2n) is 3.71. The maximum Gasteiger partial charge on any atom is 0.222 e. The molecule has 0 radical (unpaired) electrons. The van der Waals surface area contributed by atoms with E-state index in [1.54, 1.807) is 12.0 Å². The minimum absolute atomic E-state index is 0.169. The second kappa shape index (κ2) is 7.76. The van der Waals surface area contributed by atoms with E-state index < -0.39 is 0 Å². The zero-order valence-electron chi connectivity index (χ0n) is 9.45. The molecule has 0 aromatic heterocycles. The number of carbonyl (C=O) groups excluding carboxylic acids is 1. The van der Waals surface area contributed by atoms with E-state index in [0.717, 1.165) is 13.0 Å². The number of methoxy groups -OCH3 is 1. The fraction of sp³-hybridized carbons (Fsp3) is 0.900. The van der Waals surface area contributed by atoms with Gasteiger partial charge in [-0.1, -0.05) is 6.92 Å². The first kappa shape index (κ1) is 13.4. The van der Waals surface area contributed by atoms with Gasteiger partial charge in [0.25, 0.3) is 0 Å². The first-order chi connectivity index (χ1) is 6.61. The Morgan fingerprint density at radius 3 is 2.71 bits per heavy atom. The molecule has 14 heavy (non-hydrogen) atoms. The molecule has 4 heteroatoms. The molecule has 0 heterocycles. The van der Waals surface area contributed by atoms with Crippen LogP contribution < -0.4 is 5.73 Å².